The van der Waals surface area contributed by atoms with E-state index < -0.39 is 5.79 Å². The first kappa shape index (κ1) is 12.3. The minimum absolute atomic E-state index is 0.0472. The Balaban J connectivity index is 1.67. The Morgan fingerprint density at radius 3 is 2.75 bits per heavy atom. The van der Waals surface area contributed by atoms with Gasteiger partial charge >= 0.3 is 0 Å². The Morgan fingerprint density at radius 2 is 2.06 bits per heavy atom. The molecule has 0 aromatic rings. The van der Waals surface area contributed by atoms with E-state index in [1.54, 1.807) is 7.11 Å². The van der Waals surface area contributed by atoms with Crippen LogP contribution in [0.25, 0.3) is 0 Å². The molecule has 0 aliphatic carbocycles. The molecule has 94 valence electrons. The van der Waals surface area contributed by atoms with Gasteiger partial charge in [-0.3, -0.25) is 0 Å². The van der Waals surface area contributed by atoms with Crippen LogP contribution in [0, 0.1) is 0 Å². The first-order chi connectivity index (χ1) is 7.61. The highest BCUT2D eigenvalue weighted by molar-refractivity contribution is 4.84. The molecule has 2 saturated heterocycles. The third-order valence-electron chi connectivity index (χ3n) is 2.70. The number of hydrogen-bond donors (Lipinski definition) is 0. The van der Waals surface area contributed by atoms with Crippen molar-refractivity contribution >= 4 is 0 Å². The molecule has 5 nitrogen and oxygen atoms in total. The highest BCUT2D eigenvalue weighted by atomic mass is 16.8. The Labute approximate surface area is 95.9 Å². The molecule has 0 saturated carbocycles. The summed E-state index contributed by atoms with van der Waals surface area (Å²) in [5, 5.41) is 0. The Morgan fingerprint density at radius 1 is 1.25 bits per heavy atom. The fraction of sp³-hybridized carbons (Fsp3) is 1.00. The lowest BCUT2D eigenvalue weighted by atomic mass is 10.2. The van der Waals surface area contributed by atoms with E-state index >= 15 is 0 Å². The molecule has 3 atom stereocenters. The predicted molar refractivity (Wildman–Crippen MR) is 56.0 cm³/mol. The van der Waals surface area contributed by atoms with E-state index in [1.165, 1.54) is 0 Å². The summed E-state index contributed by atoms with van der Waals surface area (Å²) in [6.07, 6.45) is 0.723. The summed E-state index contributed by atoms with van der Waals surface area (Å²) in [6.45, 7) is 5.58. The molecule has 2 heterocycles. The summed E-state index contributed by atoms with van der Waals surface area (Å²) < 4.78 is 27.3. The van der Waals surface area contributed by atoms with Crippen molar-refractivity contribution in [3.05, 3.63) is 0 Å². The van der Waals surface area contributed by atoms with Gasteiger partial charge in [0.25, 0.3) is 0 Å². The normalized spacial score (nSPS) is 36.6. The lowest BCUT2D eigenvalue weighted by Crippen LogP contribution is -2.26. The van der Waals surface area contributed by atoms with Crippen LogP contribution in [0.2, 0.25) is 0 Å². The van der Waals surface area contributed by atoms with Crippen molar-refractivity contribution in [3.8, 4) is 0 Å². The van der Waals surface area contributed by atoms with Crippen LogP contribution in [0.4, 0.5) is 0 Å². The monoisotopic (exact) mass is 232 g/mol. The van der Waals surface area contributed by atoms with Crippen LogP contribution in [-0.2, 0) is 23.7 Å². The zero-order valence-corrected chi connectivity index (χ0v) is 10.1. The Kier molecular flexibility index (Phi) is 3.81. The largest absolute Gasteiger partial charge is 0.382 e. The van der Waals surface area contributed by atoms with Gasteiger partial charge in [0, 0.05) is 13.5 Å². The van der Waals surface area contributed by atoms with Crippen molar-refractivity contribution in [2.24, 2.45) is 0 Å². The summed E-state index contributed by atoms with van der Waals surface area (Å²) in [6, 6.07) is 0. The van der Waals surface area contributed by atoms with Gasteiger partial charge in [-0.05, 0) is 13.8 Å². The molecule has 0 unspecified atom stereocenters. The second kappa shape index (κ2) is 4.98. The zero-order valence-electron chi connectivity index (χ0n) is 10.1. The van der Waals surface area contributed by atoms with Crippen molar-refractivity contribution < 1.29 is 23.7 Å². The van der Waals surface area contributed by atoms with Crippen LogP contribution >= 0.6 is 0 Å². The molecule has 16 heavy (non-hydrogen) atoms. The van der Waals surface area contributed by atoms with Crippen LogP contribution in [0.3, 0.4) is 0 Å². The molecule has 2 fully saturated rings. The minimum Gasteiger partial charge on any atom is -0.382 e. The highest BCUT2D eigenvalue weighted by Gasteiger charge is 2.48. The van der Waals surface area contributed by atoms with Crippen molar-refractivity contribution in [1.82, 2.24) is 0 Å². The van der Waals surface area contributed by atoms with Gasteiger partial charge in [-0.25, -0.2) is 0 Å². The van der Waals surface area contributed by atoms with Crippen LogP contribution in [-0.4, -0.2) is 51.2 Å². The van der Waals surface area contributed by atoms with E-state index in [-0.39, 0.29) is 18.5 Å². The molecule has 0 spiro atoms. The molecular weight excluding hydrogens is 212 g/mol. The average molecular weight is 232 g/mol. The fourth-order valence-corrected chi connectivity index (χ4v) is 2.05. The molecule has 0 radical (unpaired) electrons. The summed E-state index contributed by atoms with van der Waals surface area (Å²) in [4.78, 5) is 0. The molecular formula is C11H20O5. The summed E-state index contributed by atoms with van der Waals surface area (Å²) in [7, 11) is 1.66. The molecule has 0 bridgehead atoms. The smallest absolute Gasteiger partial charge is 0.187 e. The number of fused-ring (bicyclic) bond motifs is 1. The van der Waals surface area contributed by atoms with Crippen molar-refractivity contribution in [2.75, 3.05) is 26.9 Å². The van der Waals surface area contributed by atoms with Gasteiger partial charge in [-0.1, -0.05) is 0 Å². The molecule has 2 rings (SSSR count). The second-order valence-electron chi connectivity index (χ2n) is 4.60. The lowest BCUT2D eigenvalue weighted by molar-refractivity contribution is -0.209. The maximum Gasteiger partial charge on any atom is 0.187 e. The van der Waals surface area contributed by atoms with Gasteiger partial charge in [0.2, 0.25) is 0 Å². The van der Waals surface area contributed by atoms with Gasteiger partial charge in [-0.15, -0.1) is 0 Å². The van der Waals surface area contributed by atoms with Gasteiger partial charge in [0.05, 0.1) is 25.9 Å². The quantitative estimate of drug-likeness (QED) is 0.659. The van der Waals surface area contributed by atoms with E-state index in [9.17, 15) is 0 Å². The summed E-state index contributed by atoms with van der Waals surface area (Å²) in [5.74, 6) is -0.517. The molecule has 0 N–H and O–H groups in total. The maximum absolute atomic E-state index is 5.70. The molecule has 5 heteroatoms. The Bertz CT molecular complexity index is 214. The number of methoxy groups -OCH3 is 1. The first-order valence-corrected chi connectivity index (χ1v) is 5.68. The Hall–Kier alpha value is -0.200. The van der Waals surface area contributed by atoms with Crippen LogP contribution in [0.1, 0.15) is 20.3 Å². The van der Waals surface area contributed by atoms with Crippen molar-refractivity contribution in [1.29, 1.82) is 0 Å². The van der Waals surface area contributed by atoms with Crippen LogP contribution in [0.15, 0.2) is 0 Å². The molecule has 0 amide bonds. The second-order valence-corrected chi connectivity index (χ2v) is 4.60. The maximum atomic E-state index is 5.70. The van der Waals surface area contributed by atoms with E-state index in [2.05, 4.69) is 0 Å². The zero-order chi connectivity index (χ0) is 11.6. The SMILES string of the molecule is COCCOC[C@@H]1C[C@@H]2OC(C)(C)O[C@@H]2O1. The van der Waals surface area contributed by atoms with Crippen molar-refractivity contribution in [2.45, 2.75) is 44.6 Å². The van der Waals surface area contributed by atoms with E-state index in [0.717, 1.165) is 6.42 Å². The number of ether oxygens (including phenoxy) is 5. The topological polar surface area (TPSA) is 46.2 Å². The highest BCUT2D eigenvalue weighted by Crippen LogP contribution is 2.36. The van der Waals surface area contributed by atoms with Crippen LogP contribution < -0.4 is 0 Å². The lowest BCUT2D eigenvalue weighted by Gasteiger charge is -2.20. The summed E-state index contributed by atoms with van der Waals surface area (Å²) >= 11 is 0. The van der Waals surface area contributed by atoms with E-state index in [4.69, 9.17) is 23.7 Å². The predicted octanol–water partition coefficient (Wildman–Crippen LogP) is 0.916. The van der Waals surface area contributed by atoms with Crippen LogP contribution in [0.5, 0.6) is 0 Å². The average Bonchev–Trinajstić information content (AvgIpc) is 2.65. The third-order valence-corrected chi connectivity index (χ3v) is 2.70. The van der Waals surface area contributed by atoms with Crippen molar-refractivity contribution in [3.63, 3.8) is 0 Å². The first-order valence-electron chi connectivity index (χ1n) is 5.68. The van der Waals surface area contributed by atoms with Gasteiger partial charge in [0.15, 0.2) is 12.1 Å². The standard InChI is InChI=1S/C11H20O5/c1-11(2)15-9-6-8(14-10(9)16-11)7-13-5-4-12-3/h8-10H,4-7H2,1-3H3/t8-,9-,10-/m0/s1. The molecule has 0 aromatic heterocycles. The minimum atomic E-state index is -0.517. The molecule has 2 aliphatic heterocycles. The fourth-order valence-electron chi connectivity index (χ4n) is 2.05. The van der Waals surface area contributed by atoms with E-state index in [0.29, 0.717) is 19.8 Å². The molecule has 2 aliphatic rings. The van der Waals surface area contributed by atoms with Gasteiger partial charge < -0.3 is 23.7 Å². The number of rotatable bonds is 5. The van der Waals surface area contributed by atoms with Gasteiger partial charge in [-0.2, -0.15) is 0 Å². The third kappa shape index (κ3) is 2.93. The van der Waals surface area contributed by atoms with E-state index in [1.807, 2.05) is 13.8 Å². The summed E-state index contributed by atoms with van der Waals surface area (Å²) in [5.41, 5.74) is 0. The van der Waals surface area contributed by atoms with Gasteiger partial charge in [0.1, 0.15) is 6.10 Å². The number of hydrogen-bond acceptors (Lipinski definition) is 5. The molecule has 0 aromatic carbocycles.